The lowest BCUT2D eigenvalue weighted by Gasteiger charge is -2.12. The molecular formula is C30H20ClNO. The van der Waals surface area contributed by atoms with Crippen molar-refractivity contribution in [2.24, 2.45) is 0 Å². The molecule has 6 aromatic rings. The van der Waals surface area contributed by atoms with E-state index in [2.05, 4.69) is 66.0 Å². The Balaban J connectivity index is 1.88. The maximum Gasteiger partial charge on any atom is 0.135 e. The quantitative estimate of drug-likeness (QED) is 0.287. The van der Waals surface area contributed by atoms with Crippen LogP contribution in [0.1, 0.15) is 0 Å². The van der Waals surface area contributed by atoms with Crippen LogP contribution in [0.3, 0.4) is 0 Å². The molecule has 0 bridgehead atoms. The molecule has 0 spiro atoms. The highest BCUT2D eigenvalue weighted by Gasteiger charge is 2.10. The molecular weight excluding hydrogens is 426 g/mol. The van der Waals surface area contributed by atoms with Crippen LogP contribution >= 0.6 is 11.6 Å². The molecule has 5 aromatic carbocycles. The Morgan fingerprint density at radius 1 is 0.455 bits per heavy atom. The summed E-state index contributed by atoms with van der Waals surface area (Å²) in [6.07, 6.45) is 0. The summed E-state index contributed by atoms with van der Waals surface area (Å²) in [6.45, 7) is 0. The molecule has 2 nitrogen and oxygen atoms in total. The number of halogens is 1. The van der Waals surface area contributed by atoms with Crippen molar-refractivity contribution in [3.8, 4) is 0 Å². The van der Waals surface area contributed by atoms with Gasteiger partial charge in [0, 0.05) is 21.8 Å². The second-order valence-corrected chi connectivity index (χ2v) is 8.38. The van der Waals surface area contributed by atoms with Crippen LogP contribution in [0.4, 0.5) is 11.4 Å². The summed E-state index contributed by atoms with van der Waals surface area (Å²) in [5.41, 5.74) is 3.48. The number of anilines is 2. The Hall–Kier alpha value is -4.01. The van der Waals surface area contributed by atoms with Crippen molar-refractivity contribution in [1.29, 1.82) is 0 Å². The van der Waals surface area contributed by atoms with Gasteiger partial charge in [0.15, 0.2) is 0 Å². The van der Waals surface area contributed by atoms with Crippen molar-refractivity contribution in [3.05, 3.63) is 120 Å². The van der Waals surface area contributed by atoms with E-state index >= 15 is 0 Å². The van der Waals surface area contributed by atoms with E-state index in [4.69, 9.17) is 16.0 Å². The Morgan fingerprint density at radius 3 is 1.73 bits per heavy atom. The van der Waals surface area contributed by atoms with Crippen LogP contribution in [0.25, 0.3) is 43.5 Å². The number of hydrogen-bond donors (Lipinski definition) is 1. The minimum absolute atomic E-state index is 0.676. The molecule has 33 heavy (non-hydrogen) atoms. The molecule has 0 unspecified atom stereocenters. The number of benzene rings is 5. The number of hydrogen-bond acceptors (Lipinski definition) is 2. The molecule has 1 N–H and O–H groups in total. The lowest BCUT2D eigenvalue weighted by Crippen LogP contribution is -1.92. The van der Waals surface area contributed by atoms with Gasteiger partial charge in [0.05, 0.1) is 10.7 Å². The SMILES string of the molecule is Clc1ccccc1Nc1cccc2c3ccccc3c3ccccc3oc3ccccc3c12. The van der Waals surface area contributed by atoms with Crippen molar-refractivity contribution in [2.75, 3.05) is 5.32 Å². The zero-order valence-electron chi connectivity index (χ0n) is 17.8. The topological polar surface area (TPSA) is 25.2 Å². The van der Waals surface area contributed by atoms with Gasteiger partial charge < -0.3 is 9.73 Å². The standard InChI is InChI=1S/C30H20ClNO/c31-25-15-5-6-16-26(25)32-27-17-9-14-23-21-11-2-1-10-20(21)22-12-3-7-18-28(22)33-29-19-8-4-13-24(29)30(23)27/h1-19,32H. The highest BCUT2D eigenvalue weighted by atomic mass is 35.5. The Kier molecular flexibility index (Phi) is 4.86. The first-order valence-corrected chi connectivity index (χ1v) is 11.3. The third-order valence-corrected chi connectivity index (χ3v) is 6.31. The van der Waals surface area contributed by atoms with E-state index in [1.807, 2.05) is 54.6 Å². The second-order valence-electron chi connectivity index (χ2n) is 7.97. The van der Waals surface area contributed by atoms with Crippen molar-refractivity contribution in [2.45, 2.75) is 0 Å². The molecule has 0 aliphatic carbocycles. The predicted octanol–water partition coefficient (Wildman–Crippen LogP) is 9.41. The van der Waals surface area contributed by atoms with E-state index in [1.165, 1.54) is 0 Å². The summed E-state index contributed by atoms with van der Waals surface area (Å²) in [4.78, 5) is 0. The van der Waals surface area contributed by atoms with Gasteiger partial charge in [0.2, 0.25) is 0 Å². The maximum atomic E-state index is 6.55. The summed E-state index contributed by atoms with van der Waals surface area (Å²) < 4.78 is 6.55. The van der Waals surface area contributed by atoms with Gasteiger partial charge in [-0.05, 0) is 46.5 Å². The minimum Gasteiger partial charge on any atom is -0.456 e. The Morgan fingerprint density at radius 2 is 0.970 bits per heavy atom. The first-order valence-electron chi connectivity index (χ1n) is 10.9. The van der Waals surface area contributed by atoms with Crippen molar-refractivity contribution < 1.29 is 4.42 Å². The van der Waals surface area contributed by atoms with Crippen LogP contribution in [-0.2, 0) is 0 Å². The molecule has 0 saturated carbocycles. The molecule has 3 heteroatoms. The smallest absolute Gasteiger partial charge is 0.135 e. The molecule has 0 fully saturated rings. The maximum absolute atomic E-state index is 6.55. The molecule has 1 heterocycles. The highest BCUT2D eigenvalue weighted by molar-refractivity contribution is 6.33. The molecule has 0 saturated heterocycles. The van der Waals surface area contributed by atoms with Gasteiger partial charge in [-0.15, -0.1) is 0 Å². The summed E-state index contributed by atoms with van der Waals surface area (Å²) in [5, 5.41) is 10.8. The zero-order valence-corrected chi connectivity index (χ0v) is 18.5. The highest BCUT2D eigenvalue weighted by Crippen LogP contribution is 2.37. The molecule has 0 aliphatic heterocycles. The van der Waals surface area contributed by atoms with E-state index < -0.39 is 0 Å². The van der Waals surface area contributed by atoms with Gasteiger partial charge >= 0.3 is 0 Å². The van der Waals surface area contributed by atoms with Crippen LogP contribution in [0.2, 0.25) is 5.02 Å². The average Bonchev–Trinajstić information content (AvgIpc) is 2.91. The van der Waals surface area contributed by atoms with E-state index in [0.717, 1.165) is 54.9 Å². The minimum atomic E-state index is 0.676. The zero-order chi connectivity index (χ0) is 22.2. The lowest BCUT2D eigenvalue weighted by atomic mass is 10.00. The number of para-hydroxylation sites is 3. The number of rotatable bonds is 2. The molecule has 0 radical (unpaired) electrons. The van der Waals surface area contributed by atoms with Gasteiger partial charge in [0.1, 0.15) is 11.2 Å². The van der Waals surface area contributed by atoms with Crippen LogP contribution in [0.15, 0.2) is 120 Å². The van der Waals surface area contributed by atoms with Crippen LogP contribution in [-0.4, -0.2) is 0 Å². The fraction of sp³-hybridized carbons (Fsp3) is 0. The average molecular weight is 446 g/mol. The van der Waals surface area contributed by atoms with E-state index in [1.54, 1.807) is 0 Å². The van der Waals surface area contributed by atoms with Gasteiger partial charge in [-0.1, -0.05) is 96.5 Å². The first kappa shape index (κ1) is 19.7. The third kappa shape index (κ3) is 3.45. The summed E-state index contributed by atoms with van der Waals surface area (Å²) >= 11 is 6.50. The number of nitrogens with one attached hydrogen (secondary N) is 1. The van der Waals surface area contributed by atoms with Crippen LogP contribution < -0.4 is 5.32 Å². The van der Waals surface area contributed by atoms with Gasteiger partial charge in [-0.3, -0.25) is 0 Å². The molecule has 0 atom stereocenters. The van der Waals surface area contributed by atoms with Crippen molar-refractivity contribution >= 4 is 66.5 Å². The summed E-state index contributed by atoms with van der Waals surface area (Å²) in [6, 6.07) is 39.1. The molecule has 0 amide bonds. The summed E-state index contributed by atoms with van der Waals surface area (Å²) in [7, 11) is 0. The van der Waals surface area contributed by atoms with E-state index in [9.17, 15) is 0 Å². The van der Waals surface area contributed by atoms with E-state index in [0.29, 0.717) is 5.02 Å². The Bertz CT molecular complexity index is 1720. The van der Waals surface area contributed by atoms with Gasteiger partial charge in [-0.2, -0.15) is 0 Å². The largest absolute Gasteiger partial charge is 0.456 e. The number of fused-ring (bicyclic) bond motifs is 7. The fourth-order valence-electron chi connectivity index (χ4n) is 4.49. The normalized spacial score (nSPS) is 11.2. The monoisotopic (exact) mass is 445 g/mol. The van der Waals surface area contributed by atoms with E-state index in [-0.39, 0.29) is 0 Å². The van der Waals surface area contributed by atoms with Crippen molar-refractivity contribution in [1.82, 2.24) is 0 Å². The molecule has 1 aromatic heterocycles. The second kappa shape index (κ2) is 8.16. The summed E-state index contributed by atoms with van der Waals surface area (Å²) in [5.74, 6) is 0. The Labute approximate surface area is 196 Å². The fourth-order valence-corrected chi connectivity index (χ4v) is 4.67. The molecule has 0 aliphatic rings. The predicted molar refractivity (Wildman–Crippen MR) is 141 cm³/mol. The molecule has 6 rings (SSSR count). The molecule has 158 valence electrons. The van der Waals surface area contributed by atoms with Gasteiger partial charge in [-0.25, -0.2) is 0 Å². The third-order valence-electron chi connectivity index (χ3n) is 5.98. The van der Waals surface area contributed by atoms with Gasteiger partial charge in [0.25, 0.3) is 0 Å². The van der Waals surface area contributed by atoms with Crippen LogP contribution in [0, 0.1) is 0 Å². The van der Waals surface area contributed by atoms with Crippen molar-refractivity contribution in [3.63, 3.8) is 0 Å². The lowest BCUT2D eigenvalue weighted by molar-refractivity contribution is 0.663. The first-order chi connectivity index (χ1) is 16.3. The van der Waals surface area contributed by atoms with Crippen LogP contribution in [0.5, 0.6) is 0 Å².